The zero-order valence-corrected chi connectivity index (χ0v) is 8.82. The molecule has 0 unspecified atom stereocenters. The molecule has 0 bridgehead atoms. The third-order valence-electron chi connectivity index (χ3n) is 2.33. The fourth-order valence-corrected chi connectivity index (χ4v) is 1.52. The van der Waals surface area contributed by atoms with Crippen molar-refractivity contribution in [1.82, 2.24) is 9.78 Å². The topological polar surface area (TPSA) is 55.1 Å². The highest BCUT2D eigenvalue weighted by Crippen LogP contribution is 2.23. The summed E-state index contributed by atoms with van der Waals surface area (Å²) in [7, 11) is 0. The molecular formula is C11H8F2N2O2. The molecule has 0 aliphatic heterocycles. The van der Waals surface area contributed by atoms with Crippen molar-refractivity contribution in [3.63, 3.8) is 0 Å². The van der Waals surface area contributed by atoms with Gasteiger partial charge in [-0.2, -0.15) is 5.10 Å². The van der Waals surface area contributed by atoms with E-state index in [4.69, 9.17) is 5.11 Å². The number of carboxylic acid groups (broad SMARTS) is 1. The highest BCUT2D eigenvalue weighted by Gasteiger charge is 2.23. The molecule has 0 saturated heterocycles. The van der Waals surface area contributed by atoms with E-state index in [1.807, 2.05) is 0 Å². The first-order chi connectivity index (χ1) is 8.02. The van der Waals surface area contributed by atoms with Crippen LogP contribution in [0.3, 0.4) is 0 Å². The van der Waals surface area contributed by atoms with E-state index in [1.165, 1.54) is 25.4 Å². The number of halogens is 2. The lowest BCUT2D eigenvalue weighted by Crippen LogP contribution is -2.11. The van der Waals surface area contributed by atoms with Gasteiger partial charge >= 0.3 is 5.97 Å². The van der Waals surface area contributed by atoms with Crippen molar-refractivity contribution in [1.29, 1.82) is 0 Å². The molecule has 0 aliphatic rings. The van der Waals surface area contributed by atoms with Gasteiger partial charge in [-0.05, 0) is 24.6 Å². The lowest BCUT2D eigenvalue weighted by molar-refractivity contribution is 0.0686. The standard InChI is InChI=1S/C11H8F2N2O2/c1-6-5-7(15-4-2-3-14-15)10(13)8(9(6)12)11(16)17/h2-5H,1H3,(H,16,17). The fourth-order valence-electron chi connectivity index (χ4n) is 1.52. The minimum absolute atomic E-state index is 0.0503. The molecule has 0 fully saturated rings. The van der Waals surface area contributed by atoms with Gasteiger partial charge in [0.25, 0.3) is 0 Å². The van der Waals surface area contributed by atoms with Gasteiger partial charge in [0.05, 0.1) is 0 Å². The van der Waals surface area contributed by atoms with Crippen LogP contribution in [0.4, 0.5) is 8.78 Å². The highest BCUT2D eigenvalue weighted by atomic mass is 19.1. The molecule has 0 aliphatic carbocycles. The van der Waals surface area contributed by atoms with Gasteiger partial charge in [-0.3, -0.25) is 0 Å². The van der Waals surface area contributed by atoms with E-state index in [-0.39, 0.29) is 11.3 Å². The molecule has 17 heavy (non-hydrogen) atoms. The minimum atomic E-state index is -1.64. The van der Waals surface area contributed by atoms with E-state index in [0.717, 1.165) is 4.68 Å². The average molecular weight is 238 g/mol. The van der Waals surface area contributed by atoms with Crippen LogP contribution in [0, 0.1) is 18.6 Å². The van der Waals surface area contributed by atoms with E-state index in [9.17, 15) is 13.6 Å². The summed E-state index contributed by atoms with van der Waals surface area (Å²) in [6, 6.07) is 2.77. The summed E-state index contributed by atoms with van der Waals surface area (Å²) in [5.74, 6) is -3.84. The molecule has 2 aromatic rings. The number of carboxylic acids is 1. The predicted octanol–water partition coefficient (Wildman–Crippen LogP) is 2.16. The van der Waals surface area contributed by atoms with Crippen molar-refractivity contribution in [2.24, 2.45) is 0 Å². The molecule has 1 aromatic carbocycles. The smallest absolute Gasteiger partial charge is 0.341 e. The monoisotopic (exact) mass is 238 g/mol. The molecule has 0 radical (unpaired) electrons. The number of nitrogens with zero attached hydrogens (tertiary/aromatic N) is 2. The highest BCUT2D eigenvalue weighted by molar-refractivity contribution is 5.89. The summed E-state index contributed by atoms with van der Waals surface area (Å²) < 4.78 is 28.5. The van der Waals surface area contributed by atoms with Crippen LogP contribution < -0.4 is 0 Å². The number of aromatic carboxylic acids is 1. The first-order valence-corrected chi connectivity index (χ1v) is 4.74. The van der Waals surface area contributed by atoms with Crippen LogP contribution in [0.2, 0.25) is 0 Å². The Bertz CT molecular complexity index is 580. The van der Waals surface area contributed by atoms with E-state index in [2.05, 4.69) is 5.10 Å². The summed E-state index contributed by atoms with van der Waals surface area (Å²) in [5.41, 5.74) is -1.00. The Hall–Kier alpha value is -2.24. The summed E-state index contributed by atoms with van der Waals surface area (Å²) >= 11 is 0. The van der Waals surface area contributed by atoms with Crippen LogP contribution in [-0.4, -0.2) is 20.9 Å². The van der Waals surface area contributed by atoms with Crippen LogP contribution in [0.15, 0.2) is 24.5 Å². The van der Waals surface area contributed by atoms with Crippen LogP contribution in [0.5, 0.6) is 0 Å². The maximum absolute atomic E-state index is 13.8. The molecular weight excluding hydrogens is 230 g/mol. The molecule has 2 rings (SSSR count). The molecule has 0 spiro atoms. The van der Waals surface area contributed by atoms with Crippen molar-refractivity contribution in [3.05, 3.63) is 47.3 Å². The van der Waals surface area contributed by atoms with Crippen molar-refractivity contribution in [2.45, 2.75) is 6.92 Å². The number of benzene rings is 1. The normalized spacial score (nSPS) is 10.5. The number of hydrogen-bond donors (Lipinski definition) is 1. The van der Waals surface area contributed by atoms with Gasteiger partial charge in [-0.25, -0.2) is 18.3 Å². The SMILES string of the molecule is Cc1cc(-n2cccn2)c(F)c(C(=O)O)c1F. The fraction of sp³-hybridized carbons (Fsp3) is 0.0909. The van der Waals surface area contributed by atoms with Crippen LogP contribution >= 0.6 is 0 Å². The lowest BCUT2D eigenvalue weighted by Gasteiger charge is -2.09. The number of rotatable bonds is 2. The summed E-state index contributed by atoms with van der Waals surface area (Å²) in [6.07, 6.45) is 2.86. The molecule has 1 N–H and O–H groups in total. The first kappa shape index (κ1) is 11.3. The third-order valence-corrected chi connectivity index (χ3v) is 2.33. The molecule has 0 saturated carbocycles. The zero-order valence-electron chi connectivity index (χ0n) is 8.82. The molecule has 0 atom stereocenters. The average Bonchev–Trinajstić information content (AvgIpc) is 2.76. The minimum Gasteiger partial charge on any atom is -0.477 e. The molecule has 6 heteroatoms. The Morgan fingerprint density at radius 1 is 1.41 bits per heavy atom. The van der Waals surface area contributed by atoms with E-state index >= 15 is 0 Å². The van der Waals surface area contributed by atoms with Gasteiger partial charge in [0, 0.05) is 12.4 Å². The summed E-state index contributed by atoms with van der Waals surface area (Å²) in [6.45, 7) is 1.37. The number of aromatic nitrogens is 2. The summed E-state index contributed by atoms with van der Waals surface area (Å²) in [4.78, 5) is 10.8. The third kappa shape index (κ3) is 1.77. The molecule has 1 aromatic heterocycles. The molecule has 0 amide bonds. The molecule has 4 nitrogen and oxygen atoms in total. The van der Waals surface area contributed by atoms with E-state index < -0.39 is 23.2 Å². The Balaban J connectivity index is 2.75. The zero-order chi connectivity index (χ0) is 12.6. The van der Waals surface area contributed by atoms with E-state index in [1.54, 1.807) is 6.07 Å². The van der Waals surface area contributed by atoms with Crippen molar-refractivity contribution in [3.8, 4) is 5.69 Å². The predicted molar refractivity (Wildman–Crippen MR) is 55.2 cm³/mol. The number of aryl methyl sites for hydroxylation is 1. The van der Waals surface area contributed by atoms with Crippen LogP contribution in [0.1, 0.15) is 15.9 Å². The van der Waals surface area contributed by atoms with Gasteiger partial charge in [0.15, 0.2) is 5.82 Å². The van der Waals surface area contributed by atoms with Gasteiger partial charge in [0.1, 0.15) is 17.1 Å². The Morgan fingerprint density at radius 3 is 2.65 bits per heavy atom. The number of carbonyl (C=O) groups is 1. The lowest BCUT2D eigenvalue weighted by atomic mass is 10.1. The Kier molecular flexibility index (Phi) is 2.63. The maximum Gasteiger partial charge on any atom is 0.341 e. The molecule has 88 valence electrons. The van der Waals surface area contributed by atoms with Crippen molar-refractivity contribution >= 4 is 5.97 Å². The Morgan fingerprint density at radius 2 is 2.12 bits per heavy atom. The van der Waals surface area contributed by atoms with Crippen molar-refractivity contribution in [2.75, 3.05) is 0 Å². The second-order valence-electron chi connectivity index (χ2n) is 3.47. The van der Waals surface area contributed by atoms with Gasteiger partial charge in [-0.1, -0.05) is 0 Å². The van der Waals surface area contributed by atoms with Crippen molar-refractivity contribution < 1.29 is 18.7 Å². The second kappa shape index (κ2) is 3.97. The quantitative estimate of drug-likeness (QED) is 0.872. The van der Waals surface area contributed by atoms with Gasteiger partial charge in [-0.15, -0.1) is 0 Å². The summed E-state index contributed by atoms with van der Waals surface area (Å²) in [5, 5.41) is 12.6. The Labute approximate surface area is 95.1 Å². The molecule has 1 heterocycles. The van der Waals surface area contributed by atoms with Gasteiger partial charge in [0.2, 0.25) is 0 Å². The van der Waals surface area contributed by atoms with Gasteiger partial charge < -0.3 is 5.11 Å². The van der Waals surface area contributed by atoms with E-state index in [0.29, 0.717) is 0 Å². The first-order valence-electron chi connectivity index (χ1n) is 4.74. The maximum atomic E-state index is 13.8. The van der Waals surface area contributed by atoms with Crippen LogP contribution in [0.25, 0.3) is 5.69 Å². The number of hydrogen-bond acceptors (Lipinski definition) is 2. The second-order valence-corrected chi connectivity index (χ2v) is 3.47. The largest absolute Gasteiger partial charge is 0.477 e. The van der Waals surface area contributed by atoms with Crippen LogP contribution in [-0.2, 0) is 0 Å².